The largest absolute Gasteiger partial charge is 0.378 e. The van der Waals surface area contributed by atoms with Crippen molar-refractivity contribution in [1.82, 2.24) is 19.7 Å². The zero-order valence-electron chi connectivity index (χ0n) is 29.5. The van der Waals surface area contributed by atoms with E-state index < -0.39 is 11.8 Å². The number of nitrogens with zero attached hydrogens (tertiary/aromatic N) is 7. The van der Waals surface area contributed by atoms with Gasteiger partial charge in [0.05, 0.1) is 46.5 Å². The van der Waals surface area contributed by atoms with Crippen LogP contribution in [0.4, 0.5) is 5.69 Å². The van der Waals surface area contributed by atoms with Gasteiger partial charge in [-0.25, -0.2) is 9.99 Å². The number of fused-ring (bicyclic) bond motifs is 3. The van der Waals surface area contributed by atoms with Gasteiger partial charge in [0.15, 0.2) is 11.7 Å². The molecule has 3 unspecified atom stereocenters. The molecule has 4 heterocycles. The van der Waals surface area contributed by atoms with Crippen LogP contribution in [0.3, 0.4) is 0 Å². The number of carbonyl (C=O) groups is 2. The minimum atomic E-state index is -0.486. The molecule has 0 radical (unpaired) electrons. The summed E-state index contributed by atoms with van der Waals surface area (Å²) in [6.45, 7) is 0.273. The maximum absolute atomic E-state index is 14.8. The highest BCUT2D eigenvalue weighted by Crippen LogP contribution is 2.52. The molecular weight excluding hydrogens is 699 g/mol. The highest BCUT2D eigenvalue weighted by Gasteiger charge is 2.52. The molecule has 54 heavy (non-hydrogen) atoms. The normalized spacial score (nSPS) is 19.0. The summed E-state index contributed by atoms with van der Waals surface area (Å²) < 4.78 is 1.69. The lowest BCUT2D eigenvalue weighted by Gasteiger charge is -2.31. The predicted molar refractivity (Wildman–Crippen MR) is 211 cm³/mol. The first-order chi connectivity index (χ1) is 26.4. The van der Waals surface area contributed by atoms with Crippen molar-refractivity contribution in [2.45, 2.75) is 16.7 Å². The second-order valence-corrected chi connectivity index (χ2v) is 14.7. The number of hydrazone groups is 1. The van der Waals surface area contributed by atoms with Crippen LogP contribution < -0.4 is 15.5 Å². The number of anilines is 1. The number of hydrogen-bond donors (Lipinski definition) is 0. The lowest BCUT2D eigenvalue weighted by Crippen LogP contribution is -2.47. The Kier molecular flexibility index (Phi) is 8.48. The van der Waals surface area contributed by atoms with Gasteiger partial charge in [-0.1, -0.05) is 97.1 Å². The maximum atomic E-state index is 14.8. The number of benzene rings is 5. The highest BCUT2D eigenvalue weighted by atomic mass is 32.2. The molecule has 1 fully saturated rings. The fourth-order valence-electron chi connectivity index (χ4n) is 7.33. The number of amides is 2. The Bertz CT molecular complexity index is 2460. The van der Waals surface area contributed by atoms with Crippen LogP contribution in [0.5, 0.6) is 0 Å². The molecule has 0 saturated carbocycles. The first kappa shape index (κ1) is 33.6. The molecule has 1 saturated heterocycles. The molecule has 3 atom stereocenters. The molecule has 1 aromatic heterocycles. The van der Waals surface area contributed by atoms with E-state index in [2.05, 4.69) is 41.3 Å². The molecule has 268 valence electrons. The van der Waals surface area contributed by atoms with Crippen molar-refractivity contribution in [3.8, 4) is 11.4 Å². The summed E-state index contributed by atoms with van der Waals surface area (Å²) in [5.41, 5.74) is 4.93. The summed E-state index contributed by atoms with van der Waals surface area (Å²) in [5.74, 6) is 0.219. The molecule has 2 amide bonds. The number of para-hydroxylation sites is 1. The molecule has 11 nitrogen and oxygen atoms in total. The van der Waals surface area contributed by atoms with E-state index in [1.807, 2.05) is 96.9 Å². The molecule has 3 aliphatic rings. The molecule has 12 heteroatoms. The maximum Gasteiger partial charge on any atom is 0.285 e. The topological polar surface area (TPSA) is 104 Å². The van der Waals surface area contributed by atoms with Crippen molar-refractivity contribution in [2.75, 3.05) is 37.2 Å². The summed E-state index contributed by atoms with van der Waals surface area (Å²) in [6.07, 6.45) is 0. The van der Waals surface area contributed by atoms with Crippen LogP contribution in [0.2, 0.25) is 0 Å². The fraction of sp³-hybridized carbons (Fsp3) is 0.167. The van der Waals surface area contributed by atoms with Crippen molar-refractivity contribution in [3.05, 3.63) is 166 Å². The zero-order chi connectivity index (χ0) is 36.9. The quantitative estimate of drug-likeness (QED) is 0.155. The van der Waals surface area contributed by atoms with Gasteiger partial charge < -0.3 is 4.90 Å². The van der Waals surface area contributed by atoms with Gasteiger partial charge in [0.1, 0.15) is 5.37 Å². The number of rotatable bonds is 9. The second kappa shape index (κ2) is 13.6. The van der Waals surface area contributed by atoms with Crippen LogP contribution in [-0.4, -0.2) is 69.9 Å². The minimum Gasteiger partial charge on any atom is -0.378 e. The first-order valence-electron chi connectivity index (χ1n) is 17.7. The minimum absolute atomic E-state index is 0.0147. The summed E-state index contributed by atoms with van der Waals surface area (Å²) >= 11 is 1.72. The third-order valence-electron chi connectivity index (χ3n) is 9.96. The number of thioether (sulfide) groups is 1. The number of imide groups is 1. The third-order valence-corrected chi connectivity index (χ3v) is 11.5. The van der Waals surface area contributed by atoms with Gasteiger partial charge in [0, 0.05) is 25.3 Å². The smallest absolute Gasteiger partial charge is 0.285 e. The van der Waals surface area contributed by atoms with Gasteiger partial charge in [0.2, 0.25) is 0 Å². The average Bonchev–Trinajstić information content (AvgIpc) is 3.83. The van der Waals surface area contributed by atoms with E-state index in [1.54, 1.807) is 40.7 Å². The highest BCUT2D eigenvalue weighted by molar-refractivity contribution is 8.01. The summed E-state index contributed by atoms with van der Waals surface area (Å²) in [4.78, 5) is 54.0. The number of hydrogen-bond acceptors (Lipinski definition) is 10. The van der Waals surface area contributed by atoms with E-state index in [0.29, 0.717) is 33.7 Å². The Balaban J connectivity index is 1.16. The van der Waals surface area contributed by atoms with Gasteiger partial charge in [-0.15, -0.1) is 16.8 Å². The van der Waals surface area contributed by atoms with Crippen molar-refractivity contribution in [2.24, 2.45) is 5.10 Å². The van der Waals surface area contributed by atoms with Crippen molar-refractivity contribution >= 4 is 46.0 Å². The molecule has 0 bridgehead atoms. The predicted octanol–water partition coefficient (Wildman–Crippen LogP) is 6.48. The van der Waals surface area contributed by atoms with Crippen molar-refractivity contribution in [1.29, 1.82) is 0 Å². The van der Waals surface area contributed by atoms with Crippen LogP contribution in [0, 0.1) is 0 Å². The van der Waals surface area contributed by atoms with Crippen molar-refractivity contribution < 1.29 is 14.4 Å². The van der Waals surface area contributed by atoms with E-state index in [0.717, 1.165) is 27.4 Å². The van der Waals surface area contributed by atoms with E-state index in [-0.39, 0.29) is 35.4 Å². The van der Waals surface area contributed by atoms with Crippen LogP contribution >= 0.6 is 11.8 Å². The molecule has 0 spiro atoms. The molecule has 6 aromatic rings. The lowest BCUT2D eigenvalue weighted by atomic mass is 10.0. The Hall–Kier alpha value is -6.24. The Labute approximate surface area is 315 Å². The van der Waals surface area contributed by atoms with Crippen LogP contribution in [0.15, 0.2) is 143 Å². The summed E-state index contributed by atoms with van der Waals surface area (Å²) in [6, 6.07) is 42.1. The molecule has 0 aliphatic carbocycles. The third kappa shape index (κ3) is 5.62. The number of hydroxylamine groups is 2. The molecule has 5 aromatic carbocycles. The standard InChI is InChI=1S/C42H35N7O4S/c1-45(2)30-23-21-27(22-24-30)35-36-38(44-46(35)25-26-53-49-40(51)31-17-9-10-18-32(31)41(49)52)48(42(54-36)29-15-7-4-8-16-29)47-37(28-13-5-3-6-14-28)43-34-20-12-11-19-33(34)39(47)50/h3-24,35-36,42H,25-26H2,1-2H3. The first-order valence-corrected chi connectivity index (χ1v) is 18.6. The van der Waals surface area contributed by atoms with Gasteiger partial charge in [-0.2, -0.15) is 9.78 Å². The number of carbonyl (C=O) groups excluding carboxylic acids is 2. The van der Waals surface area contributed by atoms with Gasteiger partial charge in [0.25, 0.3) is 17.4 Å². The van der Waals surface area contributed by atoms with Gasteiger partial charge >= 0.3 is 0 Å². The van der Waals surface area contributed by atoms with E-state index in [4.69, 9.17) is 14.9 Å². The molecule has 0 N–H and O–H groups in total. The SMILES string of the molecule is CN(C)c1ccc(C2C3SC(c4ccccc4)N(n4c(-c5ccccc5)nc5ccccc5c4=O)C3=NN2CCON2C(=O)c3ccccc3C2=O)cc1. The Morgan fingerprint density at radius 3 is 2.04 bits per heavy atom. The molecule has 3 aliphatic heterocycles. The van der Waals surface area contributed by atoms with E-state index >= 15 is 0 Å². The summed E-state index contributed by atoms with van der Waals surface area (Å²) in [5, 5.41) is 10.0. The number of aromatic nitrogens is 2. The van der Waals surface area contributed by atoms with Crippen LogP contribution in [0.25, 0.3) is 22.3 Å². The van der Waals surface area contributed by atoms with Crippen LogP contribution in [0.1, 0.15) is 43.3 Å². The van der Waals surface area contributed by atoms with Gasteiger partial charge in [-0.05, 0) is 47.5 Å². The van der Waals surface area contributed by atoms with Crippen molar-refractivity contribution in [3.63, 3.8) is 0 Å². The lowest BCUT2D eigenvalue weighted by molar-refractivity contribution is -0.0968. The van der Waals surface area contributed by atoms with Crippen LogP contribution in [-0.2, 0) is 4.84 Å². The zero-order valence-corrected chi connectivity index (χ0v) is 30.3. The molecular formula is C42H35N7O4S. The van der Waals surface area contributed by atoms with Gasteiger partial charge in [-0.3, -0.25) is 24.2 Å². The Morgan fingerprint density at radius 1 is 0.722 bits per heavy atom. The average molecular weight is 734 g/mol. The monoisotopic (exact) mass is 733 g/mol. The Morgan fingerprint density at radius 2 is 1.35 bits per heavy atom. The second-order valence-electron chi connectivity index (χ2n) is 13.4. The van der Waals surface area contributed by atoms with E-state index in [9.17, 15) is 14.4 Å². The molecule has 9 rings (SSSR count). The summed E-state index contributed by atoms with van der Waals surface area (Å²) in [7, 11) is 4.01. The van der Waals surface area contributed by atoms with E-state index in [1.165, 1.54) is 0 Å². The fourth-order valence-corrected chi connectivity index (χ4v) is 8.97. The number of amidine groups is 1.